The highest BCUT2D eigenvalue weighted by atomic mass is 16.2. The van der Waals surface area contributed by atoms with Crippen molar-refractivity contribution in [1.29, 1.82) is 0 Å². The number of urea groups is 1. The van der Waals surface area contributed by atoms with Crippen LogP contribution < -0.4 is 0 Å². The molecule has 3 rings (SSSR count). The maximum Gasteiger partial charge on any atom is 0.334 e. The molecule has 0 unspecified atom stereocenters. The first-order chi connectivity index (χ1) is 12.4. The van der Waals surface area contributed by atoms with Crippen molar-refractivity contribution in [3.63, 3.8) is 0 Å². The number of rotatable bonds is 5. The highest BCUT2D eigenvalue weighted by Gasteiger charge is 2.48. The molecule has 26 heavy (non-hydrogen) atoms. The quantitative estimate of drug-likeness (QED) is 0.461. The molecule has 0 spiro atoms. The molecular formula is C20H24N2O4. The summed E-state index contributed by atoms with van der Waals surface area (Å²) in [5.41, 5.74) is 1.53. The number of hydrogen-bond donors (Lipinski definition) is 0. The van der Waals surface area contributed by atoms with Gasteiger partial charge in [0.25, 0.3) is 0 Å². The fraction of sp³-hybridized carbons (Fsp3) is 0.500. The van der Waals surface area contributed by atoms with Crippen molar-refractivity contribution in [2.45, 2.75) is 57.9 Å². The first-order valence-electron chi connectivity index (χ1n) is 9.22. The SMILES string of the molecule is CC(C)c1ccc(C(=O)CN2C(=O)C(=O)N(C3CCCCC3)C2=O)cc1. The third kappa shape index (κ3) is 3.41. The monoisotopic (exact) mass is 356 g/mol. The van der Waals surface area contributed by atoms with Crippen LogP contribution in [0.3, 0.4) is 0 Å². The largest absolute Gasteiger partial charge is 0.334 e. The molecule has 0 aromatic heterocycles. The van der Waals surface area contributed by atoms with Crippen molar-refractivity contribution in [2.75, 3.05) is 6.54 Å². The van der Waals surface area contributed by atoms with Gasteiger partial charge in [-0.2, -0.15) is 0 Å². The minimum Gasteiger partial charge on any atom is -0.292 e. The standard InChI is InChI=1S/C20H24N2O4/c1-13(2)14-8-10-15(11-9-14)17(23)12-21-18(24)19(25)22(20(21)26)16-6-4-3-5-7-16/h8-11,13,16H,3-7,12H2,1-2H3. The smallest absolute Gasteiger partial charge is 0.292 e. The van der Waals surface area contributed by atoms with Crippen LogP contribution in [-0.2, 0) is 9.59 Å². The fourth-order valence-corrected chi connectivity index (χ4v) is 3.61. The third-order valence-electron chi connectivity index (χ3n) is 5.22. The molecule has 6 heteroatoms. The lowest BCUT2D eigenvalue weighted by molar-refractivity contribution is -0.144. The molecule has 138 valence electrons. The number of nitrogens with zero attached hydrogens (tertiary/aromatic N) is 2. The molecule has 0 bridgehead atoms. The maximum atomic E-state index is 12.6. The van der Waals surface area contributed by atoms with Gasteiger partial charge in [0.2, 0.25) is 0 Å². The summed E-state index contributed by atoms with van der Waals surface area (Å²) in [6, 6.07) is 6.25. The van der Waals surface area contributed by atoms with Crippen molar-refractivity contribution < 1.29 is 19.2 Å². The number of amides is 4. The zero-order valence-electron chi connectivity index (χ0n) is 15.2. The predicted octanol–water partition coefficient (Wildman–Crippen LogP) is 3.12. The highest BCUT2D eigenvalue weighted by molar-refractivity contribution is 6.45. The zero-order valence-corrected chi connectivity index (χ0v) is 15.2. The Morgan fingerprint density at radius 1 is 1.00 bits per heavy atom. The lowest BCUT2D eigenvalue weighted by Crippen LogP contribution is -2.43. The second kappa shape index (κ2) is 7.40. The van der Waals surface area contributed by atoms with Crippen molar-refractivity contribution in [3.05, 3.63) is 35.4 Å². The normalized spacial score (nSPS) is 19.0. The van der Waals surface area contributed by atoms with Crippen LogP contribution in [0.25, 0.3) is 0 Å². The van der Waals surface area contributed by atoms with Crippen LogP contribution in [0.1, 0.15) is 67.8 Å². The van der Waals surface area contributed by atoms with Gasteiger partial charge >= 0.3 is 17.8 Å². The van der Waals surface area contributed by atoms with Gasteiger partial charge < -0.3 is 0 Å². The molecule has 6 nitrogen and oxygen atoms in total. The van der Waals surface area contributed by atoms with E-state index >= 15 is 0 Å². The number of benzene rings is 1. The molecule has 0 atom stereocenters. The van der Waals surface area contributed by atoms with Crippen molar-refractivity contribution >= 4 is 23.6 Å². The van der Waals surface area contributed by atoms with Gasteiger partial charge in [-0.1, -0.05) is 57.4 Å². The van der Waals surface area contributed by atoms with E-state index in [0.717, 1.165) is 47.5 Å². The molecule has 4 amide bonds. The molecule has 1 aromatic rings. The van der Waals surface area contributed by atoms with Gasteiger partial charge in [-0.15, -0.1) is 0 Å². The van der Waals surface area contributed by atoms with Crippen molar-refractivity contribution in [3.8, 4) is 0 Å². The summed E-state index contributed by atoms with van der Waals surface area (Å²) < 4.78 is 0. The van der Waals surface area contributed by atoms with E-state index in [0.29, 0.717) is 11.5 Å². The van der Waals surface area contributed by atoms with E-state index in [1.807, 2.05) is 12.1 Å². The van der Waals surface area contributed by atoms with Gasteiger partial charge in [-0.3, -0.25) is 19.3 Å². The molecule has 0 N–H and O–H groups in total. The van der Waals surface area contributed by atoms with Gasteiger partial charge in [0, 0.05) is 11.6 Å². The second-order valence-corrected chi connectivity index (χ2v) is 7.34. The van der Waals surface area contributed by atoms with Crippen LogP contribution in [0.2, 0.25) is 0 Å². The predicted molar refractivity (Wildman–Crippen MR) is 95.7 cm³/mol. The summed E-state index contributed by atoms with van der Waals surface area (Å²) in [6.07, 6.45) is 4.41. The molecular weight excluding hydrogens is 332 g/mol. The number of carbonyl (C=O) groups is 4. The van der Waals surface area contributed by atoms with Crippen LogP contribution in [0.15, 0.2) is 24.3 Å². The van der Waals surface area contributed by atoms with E-state index in [1.54, 1.807) is 12.1 Å². The average molecular weight is 356 g/mol. The molecule has 2 fully saturated rings. The summed E-state index contributed by atoms with van der Waals surface area (Å²) in [7, 11) is 0. The Kier molecular flexibility index (Phi) is 5.20. The first-order valence-corrected chi connectivity index (χ1v) is 9.22. The Morgan fingerprint density at radius 2 is 1.62 bits per heavy atom. The van der Waals surface area contributed by atoms with E-state index in [-0.39, 0.29) is 11.8 Å². The van der Waals surface area contributed by atoms with Gasteiger partial charge in [0.05, 0.1) is 6.54 Å². The Balaban J connectivity index is 1.72. The summed E-state index contributed by atoms with van der Waals surface area (Å²) in [5, 5.41) is 0. The molecule has 1 aliphatic heterocycles. The van der Waals surface area contributed by atoms with Gasteiger partial charge in [-0.25, -0.2) is 9.69 Å². The number of imide groups is 2. The Labute approximate surface area is 153 Å². The number of Topliss-reactive ketones (excluding diaryl/α,β-unsaturated/α-hetero) is 1. The molecule has 2 aliphatic rings. The first kappa shape index (κ1) is 18.3. The van der Waals surface area contributed by atoms with E-state index in [4.69, 9.17) is 0 Å². The molecule has 1 saturated carbocycles. The number of carbonyl (C=O) groups excluding carboxylic acids is 4. The third-order valence-corrected chi connectivity index (χ3v) is 5.22. The Morgan fingerprint density at radius 3 is 2.19 bits per heavy atom. The average Bonchev–Trinajstić information content (AvgIpc) is 2.86. The van der Waals surface area contributed by atoms with Crippen LogP contribution >= 0.6 is 0 Å². The summed E-state index contributed by atoms with van der Waals surface area (Å²) in [5.74, 6) is -1.69. The fourth-order valence-electron chi connectivity index (χ4n) is 3.61. The summed E-state index contributed by atoms with van der Waals surface area (Å²) in [4.78, 5) is 51.4. The Hall–Kier alpha value is -2.50. The minimum atomic E-state index is -0.896. The minimum absolute atomic E-state index is 0.224. The summed E-state index contributed by atoms with van der Waals surface area (Å²) >= 11 is 0. The van der Waals surface area contributed by atoms with Crippen LogP contribution in [0.4, 0.5) is 4.79 Å². The van der Waals surface area contributed by atoms with Gasteiger partial charge in [0.1, 0.15) is 0 Å². The van der Waals surface area contributed by atoms with E-state index in [1.165, 1.54) is 0 Å². The lowest BCUT2D eigenvalue weighted by Gasteiger charge is -2.28. The summed E-state index contributed by atoms with van der Waals surface area (Å²) in [6.45, 7) is 3.72. The maximum absolute atomic E-state index is 12.6. The zero-order chi connectivity index (χ0) is 18.8. The van der Waals surface area contributed by atoms with Crippen molar-refractivity contribution in [1.82, 2.24) is 9.80 Å². The highest BCUT2D eigenvalue weighted by Crippen LogP contribution is 2.27. The molecule has 1 saturated heterocycles. The molecule has 1 aromatic carbocycles. The second-order valence-electron chi connectivity index (χ2n) is 7.34. The van der Waals surface area contributed by atoms with E-state index in [9.17, 15) is 19.2 Å². The van der Waals surface area contributed by atoms with Crippen LogP contribution in [0, 0.1) is 0 Å². The van der Waals surface area contributed by atoms with Gasteiger partial charge in [-0.05, 0) is 24.3 Å². The topological polar surface area (TPSA) is 74.8 Å². The molecule has 0 radical (unpaired) electrons. The van der Waals surface area contributed by atoms with Gasteiger partial charge in [0.15, 0.2) is 5.78 Å². The van der Waals surface area contributed by atoms with E-state index < -0.39 is 24.4 Å². The van der Waals surface area contributed by atoms with Crippen LogP contribution in [0.5, 0.6) is 0 Å². The lowest BCUT2D eigenvalue weighted by atomic mass is 9.94. The molecule has 1 heterocycles. The van der Waals surface area contributed by atoms with Crippen molar-refractivity contribution in [2.24, 2.45) is 0 Å². The number of hydrogen-bond acceptors (Lipinski definition) is 4. The van der Waals surface area contributed by atoms with E-state index in [2.05, 4.69) is 13.8 Å². The van der Waals surface area contributed by atoms with Crippen LogP contribution in [-0.4, -0.2) is 46.0 Å². The molecule has 1 aliphatic carbocycles. The Bertz CT molecular complexity index is 733. The number of ketones is 1.